The highest BCUT2D eigenvalue weighted by Gasteiger charge is 2.42. The van der Waals surface area contributed by atoms with Crippen molar-refractivity contribution in [2.45, 2.75) is 39.7 Å². The fourth-order valence-electron chi connectivity index (χ4n) is 1.07. The predicted molar refractivity (Wildman–Crippen MR) is 52.1 cm³/mol. The first kappa shape index (κ1) is 10.7. The van der Waals surface area contributed by atoms with Gasteiger partial charge in [0, 0.05) is 6.42 Å². The molecule has 0 aromatic carbocycles. The largest absolute Gasteiger partial charge is 0.381 e. The lowest BCUT2D eigenvalue weighted by Crippen LogP contribution is -2.36. The standard InChI is InChI=1S/C9H14N2O3/c1-6(2)10-13-8(12)9(4)5-7(3)11-14-9/h5H2,1-4H3. The lowest BCUT2D eigenvalue weighted by Gasteiger charge is -2.16. The van der Waals surface area contributed by atoms with Gasteiger partial charge in [-0.1, -0.05) is 10.3 Å². The summed E-state index contributed by atoms with van der Waals surface area (Å²) in [6.07, 6.45) is 0.449. The molecule has 1 heterocycles. The summed E-state index contributed by atoms with van der Waals surface area (Å²) in [6, 6.07) is 0. The Balaban J connectivity index is 2.58. The van der Waals surface area contributed by atoms with Gasteiger partial charge in [0.15, 0.2) is 0 Å². The minimum atomic E-state index is -1.01. The molecule has 1 rings (SSSR count). The van der Waals surface area contributed by atoms with Crippen LogP contribution in [0.15, 0.2) is 10.3 Å². The Bertz CT molecular complexity index is 305. The zero-order chi connectivity index (χ0) is 10.8. The molecule has 1 aliphatic rings. The van der Waals surface area contributed by atoms with E-state index in [4.69, 9.17) is 4.84 Å². The van der Waals surface area contributed by atoms with Crippen LogP contribution in [0.5, 0.6) is 0 Å². The van der Waals surface area contributed by atoms with Crippen molar-refractivity contribution in [2.75, 3.05) is 0 Å². The molecule has 1 aliphatic heterocycles. The first-order valence-electron chi connectivity index (χ1n) is 4.38. The normalized spacial score (nSPS) is 25.0. The van der Waals surface area contributed by atoms with Crippen LogP contribution in [0.2, 0.25) is 0 Å². The van der Waals surface area contributed by atoms with Gasteiger partial charge in [0.1, 0.15) is 0 Å². The first-order chi connectivity index (χ1) is 6.44. The summed E-state index contributed by atoms with van der Waals surface area (Å²) in [7, 11) is 0. The highest BCUT2D eigenvalue weighted by atomic mass is 16.7. The van der Waals surface area contributed by atoms with Gasteiger partial charge in [0.25, 0.3) is 0 Å². The summed E-state index contributed by atoms with van der Waals surface area (Å²) in [5, 5.41) is 7.28. The van der Waals surface area contributed by atoms with Crippen molar-refractivity contribution in [2.24, 2.45) is 10.3 Å². The van der Waals surface area contributed by atoms with E-state index in [1.807, 2.05) is 0 Å². The molecular weight excluding hydrogens is 184 g/mol. The Labute approximate surface area is 82.7 Å². The van der Waals surface area contributed by atoms with E-state index in [-0.39, 0.29) is 0 Å². The van der Waals surface area contributed by atoms with Crippen molar-refractivity contribution >= 4 is 17.4 Å². The number of hydrogen-bond acceptors (Lipinski definition) is 5. The summed E-state index contributed by atoms with van der Waals surface area (Å²) in [5.74, 6) is -0.515. The van der Waals surface area contributed by atoms with E-state index >= 15 is 0 Å². The molecule has 0 saturated carbocycles. The van der Waals surface area contributed by atoms with Gasteiger partial charge in [-0.2, -0.15) is 0 Å². The molecule has 0 spiro atoms. The molecule has 0 bridgehead atoms. The molecular formula is C9H14N2O3. The smallest absolute Gasteiger partial charge is 0.377 e. The molecule has 0 saturated heterocycles. The van der Waals surface area contributed by atoms with Crippen LogP contribution in [0, 0.1) is 0 Å². The Morgan fingerprint density at radius 1 is 1.64 bits per heavy atom. The average Bonchev–Trinajstić information content (AvgIpc) is 2.43. The Kier molecular flexibility index (Phi) is 2.88. The third-order valence-electron chi connectivity index (χ3n) is 1.74. The third kappa shape index (κ3) is 2.31. The first-order valence-corrected chi connectivity index (χ1v) is 4.38. The molecule has 78 valence electrons. The van der Waals surface area contributed by atoms with Crippen molar-refractivity contribution in [3.8, 4) is 0 Å². The van der Waals surface area contributed by atoms with E-state index in [1.165, 1.54) is 0 Å². The number of oxime groups is 2. The maximum Gasteiger partial charge on any atom is 0.381 e. The maximum absolute atomic E-state index is 11.5. The van der Waals surface area contributed by atoms with Gasteiger partial charge in [-0.15, -0.1) is 0 Å². The van der Waals surface area contributed by atoms with Crippen LogP contribution in [-0.2, 0) is 14.5 Å². The fraction of sp³-hybridized carbons (Fsp3) is 0.667. The number of carbonyl (C=O) groups is 1. The fourth-order valence-corrected chi connectivity index (χ4v) is 1.07. The van der Waals surface area contributed by atoms with Crippen molar-refractivity contribution in [3.63, 3.8) is 0 Å². The van der Waals surface area contributed by atoms with E-state index < -0.39 is 11.6 Å². The van der Waals surface area contributed by atoms with Crippen LogP contribution >= 0.6 is 0 Å². The number of carbonyl (C=O) groups excluding carboxylic acids is 1. The van der Waals surface area contributed by atoms with Gasteiger partial charge >= 0.3 is 5.97 Å². The molecule has 0 amide bonds. The summed E-state index contributed by atoms with van der Waals surface area (Å²) in [4.78, 5) is 21.2. The second-order valence-electron chi connectivity index (χ2n) is 3.74. The molecule has 0 aromatic heterocycles. The van der Waals surface area contributed by atoms with Gasteiger partial charge in [-0.25, -0.2) is 4.79 Å². The monoisotopic (exact) mass is 198 g/mol. The minimum absolute atomic E-state index is 0.449. The predicted octanol–water partition coefficient (Wildman–Crippen LogP) is 1.48. The lowest BCUT2D eigenvalue weighted by atomic mass is 10.0. The second-order valence-corrected chi connectivity index (χ2v) is 3.74. The van der Waals surface area contributed by atoms with Crippen LogP contribution in [0.25, 0.3) is 0 Å². The van der Waals surface area contributed by atoms with Gasteiger partial charge < -0.3 is 9.68 Å². The topological polar surface area (TPSA) is 60.2 Å². The van der Waals surface area contributed by atoms with Crippen LogP contribution in [0.3, 0.4) is 0 Å². The SMILES string of the molecule is CC(C)=NOC(=O)C1(C)CC(C)=NO1. The third-order valence-corrected chi connectivity index (χ3v) is 1.74. The minimum Gasteiger partial charge on any atom is -0.377 e. The highest BCUT2D eigenvalue weighted by Crippen LogP contribution is 2.24. The van der Waals surface area contributed by atoms with Crippen LogP contribution in [0.4, 0.5) is 0 Å². The molecule has 5 heteroatoms. The van der Waals surface area contributed by atoms with Crippen LogP contribution in [-0.4, -0.2) is 23.0 Å². The maximum atomic E-state index is 11.5. The van der Waals surface area contributed by atoms with Crippen molar-refractivity contribution in [1.82, 2.24) is 0 Å². The molecule has 0 aromatic rings. The molecule has 1 unspecified atom stereocenters. The van der Waals surface area contributed by atoms with Gasteiger partial charge in [-0.05, 0) is 27.7 Å². The molecule has 1 atom stereocenters. The molecule has 0 aliphatic carbocycles. The molecule has 5 nitrogen and oxygen atoms in total. The van der Waals surface area contributed by atoms with Crippen LogP contribution < -0.4 is 0 Å². The summed E-state index contributed by atoms with van der Waals surface area (Å²) >= 11 is 0. The average molecular weight is 198 g/mol. The number of nitrogens with zero attached hydrogens (tertiary/aromatic N) is 2. The summed E-state index contributed by atoms with van der Waals surface area (Å²) < 4.78 is 0. The van der Waals surface area contributed by atoms with E-state index in [9.17, 15) is 4.79 Å². The summed E-state index contributed by atoms with van der Waals surface area (Å²) in [6.45, 7) is 6.92. The van der Waals surface area contributed by atoms with Crippen molar-refractivity contribution in [3.05, 3.63) is 0 Å². The zero-order valence-electron chi connectivity index (χ0n) is 8.83. The Hall–Kier alpha value is -1.39. The zero-order valence-corrected chi connectivity index (χ0v) is 8.83. The Morgan fingerprint density at radius 3 is 2.71 bits per heavy atom. The quantitative estimate of drug-likeness (QED) is 0.383. The second kappa shape index (κ2) is 3.77. The molecule has 0 fully saturated rings. The van der Waals surface area contributed by atoms with Crippen molar-refractivity contribution < 1.29 is 14.5 Å². The van der Waals surface area contributed by atoms with E-state index in [0.29, 0.717) is 12.1 Å². The van der Waals surface area contributed by atoms with E-state index in [1.54, 1.807) is 27.7 Å². The van der Waals surface area contributed by atoms with E-state index in [2.05, 4.69) is 15.1 Å². The number of hydrogen-bond donors (Lipinski definition) is 0. The van der Waals surface area contributed by atoms with Gasteiger partial charge in [0.05, 0.1) is 11.4 Å². The van der Waals surface area contributed by atoms with Gasteiger partial charge in [0.2, 0.25) is 5.60 Å². The lowest BCUT2D eigenvalue weighted by molar-refractivity contribution is -0.167. The molecule has 14 heavy (non-hydrogen) atoms. The highest BCUT2D eigenvalue weighted by molar-refractivity contribution is 5.92. The molecule has 0 N–H and O–H groups in total. The van der Waals surface area contributed by atoms with Crippen molar-refractivity contribution in [1.29, 1.82) is 0 Å². The molecule has 0 radical (unpaired) electrons. The van der Waals surface area contributed by atoms with Crippen LogP contribution in [0.1, 0.15) is 34.1 Å². The number of rotatable bonds is 2. The Morgan fingerprint density at radius 2 is 2.29 bits per heavy atom. The van der Waals surface area contributed by atoms with Gasteiger partial charge in [-0.3, -0.25) is 0 Å². The summed E-state index contributed by atoms with van der Waals surface area (Å²) in [5.41, 5.74) is 0.447. The van der Waals surface area contributed by atoms with E-state index in [0.717, 1.165) is 5.71 Å².